The lowest BCUT2D eigenvalue weighted by Gasteiger charge is -2.22. The average Bonchev–Trinajstić information content (AvgIpc) is 2.92. The summed E-state index contributed by atoms with van der Waals surface area (Å²) in [7, 11) is -6.65. The molecule has 1 aliphatic rings. The maximum absolute atomic E-state index is 13.2. The van der Waals surface area contributed by atoms with Crippen molar-refractivity contribution >= 4 is 25.6 Å². The summed E-state index contributed by atoms with van der Waals surface area (Å²) in [6, 6.07) is 10.1. The maximum atomic E-state index is 13.2. The van der Waals surface area contributed by atoms with Gasteiger partial charge in [-0.1, -0.05) is 18.2 Å². The van der Waals surface area contributed by atoms with Gasteiger partial charge in [-0.3, -0.25) is 0 Å². The van der Waals surface area contributed by atoms with E-state index in [9.17, 15) is 21.6 Å². The second kappa shape index (κ2) is 7.14. The van der Waals surface area contributed by atoms with Crippen LogP contribution in [-0.4, -0.2) is 41.3 Å². The number of sulfone groups is 2. The third kappa shape index (κ3) is 3.89. The normalized spacial score (nSPS) is 18.1. The Hall–Kier alpha value is -2.39. The van der Waals surface area contributed by atoms with E-state index in [0.717, 1.165) is 0 Å². The van der Waals surface area contributed by atoms with E-state index in [1.807, 2.05) is 0 Å². The van der Waals surface area contributed by atoms with Crippen LogP contribution in [0.25, 0.3) is 0 Å². The van der Waals surface area contributed by atoms with Crippen LogP contribution in [-0.2, 0) is 24.4 Å². The number of carbonyl (C=O) groups is 1. The zero-order valence-electron chi connectivity index (χ0n) is 16.5. The molecule has 0 aliphatic carbocycles. The zero-order valence-corrected chi connectivity index (χ0v) is 18.1. The predicted molar refractivity (Wildman–Crippen MR) is 107 cm³/mol. The van der Waals surface area contributed by atoms with Crippen molar-refractivity contribution in [3.8, 4) is 5.75 Å². The van der Waals surface area contributed by atoms with Crippen LogP contribution < -0.4 is 4.74 Å². The quantitative estimate of drug-likeness (QED) is 0.676. The van der Waals surface area contributed by atoms with Crippen molar-refractivity contribution in [1.82, 2.24) is 0 Å². The van der Waals surface area contributed by atoms with Crippen molar-refractivity contribution < 1.29 is 31.1 Å². The number of benzene rings is 2. The molecule has 0 N–H and O–H groups in total. The SMILES string of the molecule is COc1c(C(=O)OC(C)(C)C)ccc2c1C(S(=O)(=O)c1ccccc1)CS2(=O)=O. The minimum atomic E-state index is -4.04. The molecule has 9 heteroatoms. The first-order valence-electron chi connectivity index (χ1n) is 8.84. The molecule has 2 aromatic carbocycles. The third-order valence-corrected chi connectivity index (χ3v) is 8.54. The molecule has 1 unspecified atom stereocenters. The van der Waals surface area contributed by atoms with E-state index in [1.54, 1.807) is 39.0 Å². The molecule has 0 fully saturated rings. The lowest BCUT2D eigenvalue weighted by atomic mass is 10.1. The first kappa shape index (κ1) is 21.3. The van der Waals surface area contributed by atoms with Gasteiger partial charge in [0.15, 0.2) is 19.7 Å². The molecule has 29 heavy (non-hydrogen) atoms. The molecule has 156 valence electrons. The highest BCUT2D eigenvalue weighted by molar-refractivity contribution is 7.96. The Bertz CT molecular complexity index is 1160. The Morgan fingerprint density at radius 1 is 1.07 bits per heavy atom. The highest BCUT2D eigenvalue weighted by atomic mass is 32.2. The Balaban J connectivity index is 2.23. The molecular formula is C20H22O7S2. The highest BCUT2D eigenvalue weighted by Gasteiger charge is 2.46. The number of esters is 1. The molecule has 0 aromatic heterocycles. The van der Waals surface area contributed by atoms with Crippen LogP contribution >= 0.6 is 0 Å². The molecule has 0 bridgehead atoms. The number of hydrogen-bond acceptors (Lipinski definition) is 7. The summed E-state index contributed by atoms with van der Waals surface area (Å²) in [5, 5.41) is -1.39. The largest absolute Gasteiger partial charge is 0.495 e. The van der Waals surface area contributed by atoms with Gasteiger partial charge < -0.3 is 9.47 Å². The molecule has 1 aliphatic heterocycles. The Morgan fingerprint density at radius 3 is 2.24 bits per heavy atom. The topological polar surface area (TPSA) is 104 Å². The number of fused-ring (bicyclic) bond motifs is 1. The summed E-state index contributed by atoms with van der Waals surface area (Å²) in [6.07, 6.45) is 0. The predicted octanol–water partition coefficient (Wildman–Crippen LogP) is 2.95. The van der Waals surface area contributed by atoms with Gasteiger partial charge in [-0.2, -0.15) is 0 Å². The smallest absolute Gasteiger partial charge is 0.342 e. The van der Waals surface area contributed by atoms with Crippen LogP contribution in [0.5, 0.6) is 5.75 Å². The van der Waals surface area contributed by atoms with Gasteiger partial charge in [0.25, 0.3) is 0 Å². The third-order valence-electron chi connectivity index (χ3n) is 4.45. The van der Waals surface area contributed by atoms with Crippen LogP contribution in [0, 0.1) is 0 Å². The fourth-order valence-electron chi connectivity index (χ4n) is 3.26. The van der Waals surface area contributed by atoms with E-state index >= 15 is 0 Å². The maximum Gasteiger partial charge on any atom is 0.342 e. The van der Waals surface area contributed by atoms with E-state index in [2.05, 4.69) is 0 Å². The van der Waals surface area contributed by atoms with Crippen molar-refractivity contribution in [2.24, 2.45) is 0 Å². The average molecular weight is 439 g/mol. The molecule has 0 saturated carbocycles. The second-order valence-corrected chi connectivity index (χ2v) is 11.8. The van der Waals surface area contributed by atoms with Crippen molar-refractivity contribution in [2.45, 2.75) is 41.4 Å². The van der Waals surface area contributed by atoms with E-state index in [-0.39, 0.29) is 26.7 Å². The summed E-state index contributed by atoms with van der Waals surface area (Å²) in [6.45, 7) is 5.08. The lowest BCUT2D eigenvalue weighted by molar-refractivity contribution is 0.00661. The number of hydrogen-bond donors (Lipinski definition) is 0. The Morgan fingerprint density at radius 2 is 1.69 bits per heavy atom. The second-order valence-electron chi connectivity index (χ2n) is 7.69. The van der Waals surface area contributed by atoms with Crippen molar-refractivity contribution in [3.05, 3.63) is 53.6 Å². The van der Waals surface area contributed by atoms with Crippen LogP contribution in [0.15, 0.2) is 52.3 Å². The molecule has 0 amide bonds. The zero-order chi connectivity index (χ0) is 21.6. The van der Waals surface area contributed by atoms with Gasteiger partial charge in [0.2, 0.25) is 0 Å². The van der Waals surface area contributed by atoms with Crippen molar-refractivity contribution in [3.63, 3.8) is 0 Å². The molecule has 2 aromatic rings. The number of carbonyl (C=O) groups excluding carboxylic acids is 1. The van der Waals surface area contributed by atoms with Crippen LogP contribution in [0.1, 0.15) is 41.9 Å². The molecular weight excluding hydrogens is 416 g/mol. The van der Waals surface area contributed by atoms with Gasteiger partial charge in [0.05, 0.1) is 22.7 Å². The van der Waals surface area contributed by atoms with Gasteiger partial charge in [0, 0.05) is 5.56 Å². The number of rotatable bonds is 4. The van der Waals surface area contributed by atoms with E-state index in [1.165, 1.54) is 31.4 Å². The van der Waals surface area contributed by atoms with E-state index in [0.29, 0.717) is 0 Å². The minimum Gasteiger partial charge on any atom is -0.495 e. The fourth-order valence-corrected chi connectivity index (χ4v) is 7.59. The minimum absolute atomic E-state index is 0.00206. The molecule has 7 nitrogen and oxygen atoms in total. The van der Waals surface area contributed by atoms with Crippen LogP contribution in [0.4, 0.5) is 0 Å². The van der Waals surface area contributed by atoms with Crippen LogP contribution in [0.3, 0.4) is 0 Å². The lowest BCUT2D eigenvalue weighted by Crippen LogP contribution is -2.24. The summed E-state index contributed by atoms with van der Waals surface area (Å²) >= 11 is 0. The molecule has 0 radical (unpaired) electrons. The molecule has 0 saturated heterocycles. The van der Waals surface area contributed by atoms with Gasteiger partial charge >= 0.3 is 5.97 Å². The molecule has 3 rings (SSSR count). The Kier molecular flexibility index (Phi) is 5.25. The summed E-state index contributed by atoms with van der Waals surface area (Å²) < 4.78 is 62.5. The van der Waals surface area contributed by atoms with E-state index in [4.69, 9.17) is 9.47 Å². The van der Waals surface area contributed by atoms with Gasteiger partial charge in [-0.25, -0.2) is 21.6 Å². The Labute approximate surface area is 170 Å². The van der Waals surface area contributed by atoms with E-state index < -0.39 is 42.2 Å². The first-order chi connectivity index (χ1) is 13.4. The fraction of sp³-hybridized carbons (Fsp3) is 0.350. The van der Waals surface area contributed by atoms with Crippen molar-refractivity contribution in [1.29, 1.82) is 0 Å². The van der Waals surface area contributed by atoms with Crippen molar-refractivity contribution in [2.75, 3.05) is 12.9 Å². The summed E-state index contributed by atoms with van der Waals surface area (Å²) in [5.41, 5.74) is -0.839. The first-order valence-corrected chi connectivity index (χ1v) is 12.0. The highest BCUT2D eigenvalue weighted by Crippen LogP contribution is 2.47. The van der Waals surface area contributed by atoms with Crippen LogP contribution in [0.2, 0.25) is 0 Å². The summed E-state index contributed by atoms with van der Waals surface area (Å²) in [5.74, 6) is -1.44. The standard InChI is InChI=1S/C20H22O7S2/c1-20(2,3)27-19(21)14-10-11-15-17(18(14)26-4)16(12-28(15,22)23)29(24,25)13-8-6-5-7-9-13/h5-11,16H,12H2,1-4H3. The molecule has 1 heterocycles. The summed E-state index contributed by atoms with van der Waals surface area (Å²) in [4.78, 5) is 12.5. The monoisotopic (exact) mass is 438 g/mol. The molecule has 0 spiro atoms. The van der Waals surface area contributed by atoms with Gasteiger partial charge in [-0.15, -0.1) is 0 Å². The van der Waals surface area contributed by atoms with Gasteiger partial charge in [0.1, 0.15) is 22.2 Å². The number of ether oxygens (including phenoxy) is 2. The molecule has 1 atom stereocenters. The number of methoxy groups -OCH3 is 1. The van der Waals surface area contributed by atoms with Gasteiger partial charge in [-0.05, 0) is 45.0 Å².